The summed E-state index contributed by atoms with van der Waals surface area (Å²) in [6, 6.07) is 20.4. The van der Waals surface area contributed by atoms with Gasteiger partial charge in [0.15, 0.2) is 5.82 Å². The fourth-order valence-corrected chi connectivity index (χ4v) is 3.00. The number of halogens is 1. The summed E-state index contributed by atoms with van der Waals surface area (Å²) >= 11 is 3.39. The molecule has 1 N–H and O–H groups in total. The lowest BCUT2D eigenvalue weighted by molar-refractivity contribution is 0.102. The predicted molar refractivity (Wildman–Crippen MR) is 115 cm³/mol. The molecule has 0 saturated carbocycles. The van der Waals surface area contributed by atoms with Crippen LogP contribution in [0.15, 0.2) is 83.6 Å². The highest BCUT2D eigenvalue weighted by molar-refractivity contribution is 9.10. The molecule has 0 aliphatic carbocycles. The van der Waals surface area contributed by atoms with Gasteiger partial charge in [-0.05, 0) is 55.5 Å². The Morgan fingerprint density at radius 3 is 2.55 bits per heavy atom. The summed E-state index contributed by atoms with van der Waals surface area (Å²) in [5.74, 6) is 0.960. The Labute approximate surface area is 176 Å². The number of hydrogen-bond donors (Lipinski definition) is 1. The van der Waals surface area contributed by atoms with Gasteiger partial charge in [-0.25, -0.2) is 9.67 Å². The summed E-state index contributed by atoms with van der Waals surface area (Å²) in [5, 5.41) is 7.34. The standard InChI is InChI=1S/C22H17BrN4O2/c1-15-14-27(17-6-3-2-4-7-17)26-20(15)25-21(28)19-8-5-13-24-22(19)29-18-11-9-16(23)10-12-18/h2-14H,1H3,(H,25,26,28). The fraction of sp³-hybridized carbons (Fsp3) is 0.0455. The van der Waals surface area contributed by atoms with Crippen LogP contribution in [0.4, 0.5) is 5.82 Å². The lowest BCUT2D eigenvalue weighted by Gasteiger charge is -2.10. The Kier molecular flexibility index (Phi) is 5.39. The normalized spacial score (nSPS) is 10.6. The van der Waals surface area contributed by atoms with Crippen LogP contribution in [0.1, 0.15) is 15.9 Å². The number of benzene rings is 2. The Morgan fingerprint density at radius 1 is 1.03 bits per heavy atom. The minimum Gasteiger partial charge on any atom is -0.438 e. The molecule has 0 saturated heterocycles. The molecule has 0 aliphatic rings. The monoisotopic (exact) mass is 448 g/mol. The molecule has 0 radical (unpaired) electrons. The van der Waals surface area contributed by atoms with Gasteiger partial charge in [-0.2, -0.15) is 0 Å². The summed E-state index contributed by atoms with van der Waals surface area (Å²) in [6.07, 6.45) is 3.45. The highest BCUT2D eigenvalue weighted by Crippen LogP contribution is 2.25. The number of hydrogen-bond acceptors (Lipinski definition) is 4. The number of rotatable bonds is 5. The number of nitrogens with zero attached hydrogens (tertiary/aromatic N) is 3. The first-order valence-electron chi connectivity index (χ1n) is 8.91. The van der Waals surface area contributed by atoms with Crippen LogP contribution >= 0.6 is 15.9 Å². The molecule has 1 amide bonds. The zero-order valence-electron chi connectivity index (χ0n) is 15.5. The average Bonchev–Trinajstić information content (AvgIpc) is 3.11. The molecule has 4 rings (SSSR count). The summed E-state index contributed by atoms with van der Waals surface area (Å²) in [5.41, 5.74) is 2.09. The van der Waals surface area contributed by atoms with Crippen LogP contribution in [-0.4, -0.2) is 20.7 Å². The van der Waals surface area contributed by atoms with Crippen molar-refractivity contribution in [1.82, 2.24) is 14.8 Å². The van der Waals surface area contributed by atoms with Crippen LogP contribution < -0.4 is 10.1 Å². The van der Waals surface area contributed by atoms with E-state index >= 15 is 0 Å². The molecule has 7 heteroatoms. The quantitative estimate of drug-likeness (QED) is 0.444. The maximum Gasteiger partial charge on any atom is 0.262 e. The molecule has 6 nitrogen and oxygen atoms in total. The molecule has 4 aromatic rings. The van der Waals surface area contributed by atoms with Gasteiger partial charge in [-0.1, -0.05) is 34.1 Å². The van der Waals surface area contributed by atoms with Gasteiger partial charge in [0.1, 0.15) is 11.3 Å². The summed E-state index contributed by atoms with van der Waals surface area (Å²) in [7, 11) is 0. The van der Waals surface area contributed by atoms with Gasteiger partial charge in [0.25, 0.3) is 5.91 Å². The van der Waals surface area contributed by atoms with E-state index < -0.39 is 0 Å². The van der Waals surface area contributed by atoms with E-state index in [4.69, 9.17) is 4.74 Å². The molecule has 2 aromatic carbocycles. The molecule has 2 aromatic heterocycles. The zero-order chi connectivity index (χ0) is 20.2. The van der Waals surface area contributed by atoms with Crippen LogP contribution in [0, 0.1) is 6.92 Å². The average molecular weight is 449 g/mol. The minimum absolute atomic E-state index is 0.229. The van der Waals surface area contributed by atoms with Gasteiger partial charge >= 0.3 is 0 Å². The Morgan fingerprint density at radius 2 is 1.79 bits per heavy atom. The van der Waals surface area contributed by atoms with Crippen molar-refractivity contribution < 1.29 is 9.53 Å². The number of ether oxygens (including phenoxy) is 1. The Balaban J connectivity index is 1.56. The van der Waals surface area contributed by atoms with E-state index in [-0.39, 0.29) is 11.8 Å². The van der Waals surface area contributed by atoms with Gasteiger partial charge in [0.05, 0.1) is 5.69 Å². The van der Waals surface area contributed by atoms with Crippen LogP contribution in [-0.2, 0) is 0 Å². The first kappa shape index (κ1) is 18.9. The molecule has 0 aliphatic heterocycles. The maximum absolute atomic E-state index is 12.9. The SMILES string of the molecule is Cc1cn(-c2ccccc2)nc1NC(=O)c1cccnc1Oc1ccc(Br)cc1. The van der Waals surface area contributed by atoms with E-state index in [1.54, 1.807) is 35.1 Å². The lowest BCUT2D eigenvalue weighted by atomic mass is 10.2. The van der Waals surface area contributed by atoms with E-state index in [9.17, 15) is 4.79 Å². The molecular weight excluding hydrogens is 432 g/mol. The number of para-hydroxylation sites is 1. The molecular formula is C22H17BrN4O2. The van der Waals surface area contributed by atoms with Gasteiger partial charge in [0.2, 0.25) is 5.88 Å². The molecule has 2 heterocycles. The zero-order valence-corrected chi connectivity index (χ0v) is 17.1. The van der Waals surface area contributed by atoms with Crippen LogP contribution in [0.2, 0.25) is 0 Å². The smallest absolute Gasteiger partial charge is 0.262 e. The predicted octanol–water partition coefficient (Wildman–Crippen LogP) is 5.38. The first-order chi connectivity index (χ1) is 14.1. The van der Waals surface area contributed by atoms with E-state index in [0.717, 1.165) is 15.7 Å². The lowest BCUT2D eigenvalue weighted by Crippen LogP contribution is -2.15. The molecule has 0 atom stereocenters. The number of aromatic nitrogens is 3. The summed E-state index contributed by atoms with van der Waals surface area (Å²) < 4.78 is 8.48. The number of carbonyl (C=O) groups is 1. The third-order valence-electron chi connectivity index (χ3n) is 4.19. The number of pyridine rings is 1. The third kappa shape index (κ3) is 4.35. The Bertz CT molecular complexity index is 1140. The number of amides is 1. The van der Waals surface area contributed by atoms with Crippen LogP contribution in [0.3, 0.4) is 0 Å². The van der Waals surface area contributed by atoms with Crippen molar-refractivity contribution in [2.75, 3.05) is 5.32 Å². The molecule has 0 bridgehead atoms. The summed E-state index contributed by atoms with van der Waals surface area (Å²) in [4.78, 5) is 17.1. The van der Waals surface area contributed by atoms with Gasteiger partial charge in [-0.15, -0.1) is 5.10 Å². The van der Waals surface area contributed by atoms with Crippen molar-refractivity contribution in [3.8, 4) is 17.3 Å². The van der Waals surface area contributed by atoms with Crippen molar-refractivity contribution >= 4 is 27.7 Å². The van der Waals surface area contributed by atoms with Crippen molar-refractivity contribution in [1.29, 1.82) is 0 Å². The first-order valence-corrected chi connectivity index (χ1v) is 9.71. The highest BCUT2D eigenvalue weighted by atomic mass is 79.9. The molecule has 0 unspecified atom stereocenters. The second-order valence-electron chi connectivity index (χ2n) is 6.31. The molecule has 144 valence electrons. The van der Waals surface area contributed by atoms with E-state index in [2.05, 4.69) is 31.3 Å². The Hall–Kier alpha value is -3.45. The second kappa shape index (κ2) is 8.28. The molecule has 0 fully saturated rings. The van der Waals surface area contributed by atoms with Crippen LogP contribution in [0.5, 0.6) is 11.6 Å². The third-order valence-corrected chi connectivity index (χ3v) is 4.72. The maximum atomic E-state index is 12.9. The largest absolute Gasteiger partial charge is 0.438 e. The van der Waals surface area contributed by atoms with E-state index in [1.165, 1.54) is 0 Å². The van der Waals surface area contributed by atoms with Gasteiger partial charge in [0, 0.05) is 22.4 Å². The summed E-state index contributed by atoms with van der Waals surface area (Å²) in [6.45, 7) is 1.89. The van der Waals surface area contributed by atoms with Gasteiger partial charge in [-0.3, -0.25) is 4.79 Å². The van der Waals surface area contributed by atoms with Crippen molar-refractivity contribution in [2.45, 2.75) is 6.92 Å². The number of anilines is 1. The van der Waals surface area contributed by atoms with E-state index in [1.807, 2.05) is 55.6 Å². The van der Waals surface area contributed by atoms with Crippen molar-refractivity contribution in [3.63, 3.8) is 0 Å². The second-order valence-corrected chi connectivity index (χ2v) is 7.22. The topological polar surface area (TPSA) is 69.0 Å². The van der Waals surface area contributed by atoms with E-state index in [0.29, 0.717) is 17.1 Å². The van der Waals surface area contributed by atoms with Gasteiger partial charge < -0.3 is 10.1 Å². The van der Waals surface area contributed by atoms with Crippen molar-refractivity contribution in [2.24, 2.45) is 0 Å². The minimum atomic E-state index is -0.341. The number of carbonyl (C=O) groups excluding carboxylic acids is 1. The fourth-order valence-electron chi connectivity index (χ4n) is 2.73. The van der Waals surface area contributed by atoms with Crippen LogP contribution in [0.25, 0.3) is 5.69 Å². The molecule has 0 spiro atoms. The van der Waals surface area contributed by atoms with Crippen molar-refractivity contribution in [3.05, 3.63) is 94.7 Å². The number of aryl methyl sites for hydroxylation is 1. The number of nitrogens with one attached hydrogen (secondary N) is 1. The molecule has 29 heavy (non-hydrogen) atoms. The highest BCUT2D eigenvalue weighted by Gasteiger charge is 2.17.